The molecular formula is C31H36F6N2O. The highest BCUT2D eigenvalue weighted by atomic mass is 19.4. The Labute approximate surface area is 231 Å². The Kier molecular flexibility index (Phi) is 8.49. The number of anilines is 2. The molecule has 3 N–H and O–H groups in total. The molecule has 0 atom stereocenters. The lowest BCUT2D eigenvalue weighted by atomic mass is 9.72. The highest BCUT2D eigenvalue weighted by Gasteiger charge is 2.72. The van der Waals surface area contributed by atoms with Gasteiger partial charge in [0, 0.05) is 17.8 Å². The van der Waals surface area contributed by atoms with Crippen LogP contribution in [0.2, 0.25) is 0 Å². The summed E-state index contributed by atoms with van der Waals surface area (Å²) in [7, 11) is 0. The highest BCUT2D eigenvalue weighted by molar-refractivity contribution is 5.62. The molecule has 218 valence electrons. The van der Waals surface area contributed by atoms with E-state index in [0.717, 1.165) is 41.8 Å². The van der Waals surface area contributed by atoms with Crippen LogP contribution >= 0.6 is 0 Å². The molecule has 0 spiro atoms. The van der Waals surface area contributed by atoms with E-state index >= 15 is 0 Å². The van der Waals surface area contributed by atoms with Crippen molar-refractivity contribution in [2.75, 3.05) is 10.6 Å². The van der Waals surface area contributed by atoms with E-state index < -0.39 is 40.2 Å². The minimum absolute atomic E-state index is 0.0247. The SMILES string of the molecule is CC(C)(C)Cc1cccc(CNc2cc(C(c3cccc(NC(C)(C)C)c3)(C(F)(F)F)C(F)(F)F)ccc2O)c1. The van der Waals surface area contributed by atoms with Gasteiger partial charge in [-0.15, -0.1) is 0 Å². The fraction of sp³-hybridized carbons (Fsp3) is 0.419. The first-order chi connectivity index (χ1) is 18.2. The molecular weight excluding hydrogens is 530 g/mol. The maximum absolute atomic E-state index is 14.8. The van der Waals surface area contributed by atoms with E-state index in [0.29, 0.717) is 6.07 Å². The lowest BCUT2D eigenvalue weighted by Crippen LogP contribution is -2.54. The van der Waals surface area contributed by atoms with Gasteiger partial charge in [-0.3, -0.25) is 0 Å². The molecule has 9 heteroatoms. The van der Waals surface area contributed by atoms with Crippen LogP contribution in [0.5, 0.6) is 5.75 Å². The fourth-order valence-electron chi connectivity index (χ4n) is 4.82. The second-order valence-electron chi connectivity index (χ2n) is 12.3. The molecule has 0 aromatic heterocycles. The van der Waals surface area contributed by atoms with Crippen molar-refractivity contribution < 1.29 is 31.4 Å². The van der Waals surface area contributed by atoms with Crippen molar-refractivity contribution in [1.29, 1.82) is 0 Å². The van der Waals surface area contributed by atoms with Crippen LogP contribution in [-0.4, -0.2) is 23.0 Å². The van der Waals surface area contributed by atoms with Crippen molar-refractivity contribution in [1.82, 2.24) is 0 Å². The molecule has 0 aliphatic rings. The smallest absolute Gasteiger partial charge is 0.411 e. The Morgan fingerprint density at radius 2 is 1.25 bits per heavy atom. The monoisotopic (exact) mass is 566 g/mol. The average molecular weight is 567 g/mol. The Hall–Kier alpha value is -3.36. The van der Waals surface area contributed by atoms with Gasteiger partial charge in [0.05, 0.1) is 5.69 Å². The third-order valence-corrected chi connectivity index (χ3v) is 6.30. The van der Waals surface area contributed by atoms with E-state index in [4.69, 9.17) is 0 Å². The average Bonchev–Trinajstić information content (AvgIpc) is 2.76. The van der Waals surface area contributed by atoms with Gasteiger partial charge in [0.1, 0.15) is 5.75 Å². The summed E-state index contributed by atoms with van der Waals surface area (Å²) in [5.41, 5.74) is -5.25. The molecule has 0 radical (unpaired) electrons. The van der Waals surface area contributed by atoms with Gasteiger partial charge in [-0.2, -0.15) is 26.3 Å². The third kappa shape index (κ3) is 7.04. The maximum atomic E-state index is 14.8. The number of benzene rings is 3. The number of halogens is 6. The number of alkyl halides is 6. The van der Waals surface area contributed by atoms with Gasteiger partial charge in [-0.1, -0.05) is 63.2 Å². The number of hydrogen-bond donors (Lipinski definition) is 3. The fourth-order valence-corrected chi connectivity index (χ4v) is 4.82. The predicted molar refractivity (Wildman–Crippen MR) is 148 cm³/mol. The normalized spacial score (nSPS) is 13.3. The first kappa shape index (κ1) is 31.2. The molecule has 0 aliphatic heterocycles. The van der Waals surface area contributed by atoms with Crippen molar-refractivity contribution in [3.8, 4) is 5.75 Å². The van der Waals surface area contributed by atoms with Gasteiger partial charge >= 0.3 is 12.4 Å². The summed E-state index contributed by atoms with van der Waals surface area (Å²) in [6, 6.07) is 14.1. The number of aromatic hydroxyl groups is 1. The summed E-state index contributed by atoms with van der Waals surface area (Å²) in [5, 5.41) is 16.2. The molecule has 0 aliphatic carbocycles. The number of nitrogens with one attached hydrogen (secondary N) is 2. The first-order valence-electron chi connectivity index (χ1n) is 12.9. The summed E-state index contributed by atoms with van der Waals surface area (Å²) >= 11 is 0. The van der Waals surface area contributed by atoms with E-state index in [9.17, 15) is 31.4 Å². The number of phenols is 1. The van der Waals surface area contributed by atoms with Crippen LogP contribution in [0.1, 0.15) is 63.8 Å². The molecule has 3 aromatic rings. The molecule has 0 saturated carbocycles. The van der Waals surface area contributed by atoms with Crippen LogP contribution in [-0.2, 0) is 18.4 Å². The van der Waals surface area contributed by atoms with Gasteiger partial charge < -0.3 is 15.7 Å². The molecule has 40 heavy (non-hydrogen) atoms. The lowest BCUT2D eigenvalue weighted by Gasteiger charge is -2.39. The van der Waals surface area contributed by atoms with Gasteiger partial charge in [-0.25, -0.2) is 0 Å². The van der Waals surface area contributed by atoms with Gasteiger partial charge in [0.2, 0.25) is 5.41 Å². The standard InChI is InChI=1S/C31H36F6N2O/c1-27(2,3)18-20-9-7-10-21(15-20)19-38-25-17-23(13-14-26(25)40)29(30(32,33)34,31(35,36)37)22-11-8-12-24(16-22)39-28(4,5)6/h7-17,38-40H,18-19H2,1-6H3. The Bertz CT molecular complexity index is 1300. The molecule has 0 amide bonds. The molecule has 0 unspecified atom stereocenters. The summed E-state index contributed by atoms with van der Waals surface area (Å²) in [5.74, 6) is -0.462. The summed E-state index contributed by atoms with van der Waals surface area (Å²) < 4.78 is 88.5. The molecule has 0 bridgehead atoms. The predicted octanol–water partition coefficient (Wildman–Crippen LogP) is 9.21. The zero-order valence-electron chi connectivity index (χ0n) is 23.5. The minimum atomic E-state index is -5.75. The second kappa shape index (κ2) is 10.9. The van der Waals surface area contributed by atoms with Crippen LogP contribution in [0.3, 0.4) is 0 Å². The Morgan fingerprint density at radius 1 is 0.675 bits per heavy atom. The largest absolute Gasteiger partial charge is 0.506 e. The van der Waals surface area contributed by atoms with Gasteiger partial charge in [0.15, 0.2) is 0 Å². The van der Waals surface area contributed by atoms with Crippen molar-refractivity contribution in [3.63, 3.8) is 0 Å². The van der Waals surface area contributed by atoms with Crippen LogP contribution < -0.4 is 10.6 Å². The Morgan fingerprint density at radius 3 is 1.82 bits per heavy atom. The summed E-state index contributed by atoms with van der Waals surface area (Å²) in [6.07, 6.45) is -10.7. The molecule has 3 nitrogen and oxygen atoms in total. The minimum Gasteiger partial charge on any atom is -0.506 e. The molecule has 0 fully saturated rings. The van der Waals surface area contributed by atoms with E-state index in [2.05, 4.69) is 31.4 Å². The Balaban J connectivity index is 2.10. The van der Waals surface area contributed by atoms with Crippen LogP contribution in [0.25, 0.3) is 0 Å². The molecule has 0 heterocycles. The van der Waals surface area contributed by atoms with Crippen LogP contribution in [0.15, 0.2) is 66.7 Å². The van der Waals surface area contributed by atoms with Crippen molar-refractivity contribution in [2.45, 2.75) is 77.8 Å². The number of hydrogen-bond acceptors (Lipinski definition) is 3. The van der Waals surface area contributed by atoms with Crippen molar-refractivity contribution >= 4 is 11.4 Å². The zero-order chi connectivity index (χ0) is 30.1. The van der Waals surface area contributed by atoms with Crippen LogP contribution in [0, 0.1) is 5.41 Å². The first-order valence-corrected chi connectivity index (χ1v) is 12.9. The highest BCUT2D eigenvalue weighted by Crippen LogP contribution is 2.57. The van der Waals surface area contributed by atoms with Crippen molar-refractivity contribution in [2.24, 2.45) is 5.41 Å². The second-order valence-corrected chi connectivity index (χ2v) is 12.3. The number of phenolic OH excluding ortho intramolecular Hbond substituents is 1. The quantitative estimate of drug-likeness (QED) is 0.197. The van der Waals surface area contributed by atoms with E-state index in [1.165, 1.54) is 12.1 Å². The third-order valence-electron chi connectivity index (χ3n) is 6.30. The zero-order valence-corrected chi connectivity index (χ0v) is 23.5. The summed E-state index contributed by atoms with van der Waals surface area (Å²) in [6.45, 7) is 11.6. The lowest BCUT2D eigenvalue weighted by molar-refractivity contribution is -0.288. The van der Waals surface area contributed by atoms with Gasteiger partial charge in [0.25, 0.3) is 0 Å². The van der Waals surface area contributed by atoms with E-state index in [1.54, 1.807) is 26.8 Å². The number of rotatable bonds is 7. The van der Waals surface area contributed by atoms with Crippen molar-refractivity contribution in [3.05, 3.63) is 89.0 Å². The molecule has 3 aromatic carbocycles. The van der Waals surface area contributed by atoms with E-state index in [1.807, 2.05) is 18.2 Å². The molecule has 0 saturated heterocycles. The van der Waals surface area contributed by atoms with Crippen LogP contribution in [0.4, 0.5) is 37.7 Å². The summed E-state index contributed by atoms with van der Waals surface area (Å²) in [4.78, 5) is 0. The van der Waals surface area contributed by atoms with Gasteiger partial charge in [-0.05, 0) is 79.1 Å². The maximum Gasteiger partial charge on any atom is 0.411 e. The topological polar surface area (TPSA) is 44.3 Å². The van der Waals surface area contributed by atoms with E-state index in [-0.39, 0.29) is 23.3 Å². The molecule has 3 rings (SSSR count).